The van der Waals surface area contributed by atoms with Gasteiger partial charge in [0, 0.05) is 17.7 Å². The first-order valence-corrected chi connectivity index (χ1v) is 7.50. The fraction of sp³-hybridized carbons (Fsp3) is 0.500. The highest BCUT2D eigenvalue weighted by Gasteiger charge is 2.32. The number of nitrogens with zero attached hydrogens (tertiary/aromatic N) is 2. The average molecular weight is 288 g/mol. The third kappa shape index (κ3) is 2.78. The molecule has 1 aliphatic carbocycles. The van der Waals surface area contributed by atoms with E-state index in [1.165, 1.54) is 6.42 Å². The summed E-state index contributed by atoms with van der Waals surface area (Å²) in [5, 5.41) is 19.9. The van der Waals surface area contributed by atoms with E-state index < -0.39 is 5.97 Å². The molecule has 0 amide bonds. The van der Waals surface area contributed by atoms with E-state index in [0.717, 1.165) is 31.5 Å². The molecule has 0 aromatic rings. The summed E-state index contributed by atoms with van der Waals surface area (Å²) >= 11 is 0. The highest BCUT2D eigenvalue weighted by Crippen LogP contribution is 2.30. The van der Waals surface area contributed by atoms with Crippen molar-refractivity contribution in [3.63, 3.8) is 0 Å². The second kappa shape index (κ2) is 5.85. The molecule has 0 bridgehead atoms. The first-order chi connectivity index (χ1) is 10.2. The van der Waals surface area contributed by atoms with E-state index in [0.29, 0.717) is 18.5 Å². The van der Waals surface area contributed by atoms with Gasteiger partial charge in [-0.15, -0.1) is 0 Å². The SMILES string of the molecule is O=C(O)C1=N[C@H]2CC=CC=C2C(O)=C1CN1CCCCC1. The number of carboxylic acids is 1. The quantitative estimate of drug-likeness (QED) is 0.834. The van der Waals surface area contributed by atoms with Gasteiger partial charge in [0.2, 0.25) is 0 Å². The minimum atomic E-state index is -1.05. The number of aliphatic carboxylic acids is 1. The van der Waals surface area contributed by atoms with Gasteiger partial charge in [-0.3, -0.25) is 9.89 Å². The number of rotatable bonds is 3. The average Bonchev–Trinajstić information content (AvgIpc) is 2.51. The summed E-state index contributed by atoms with van der Waals surface area (Å²) in [4.78, 5) is 18.0. The summed E-state index contributed by atoms with van der Waals surface area (Å²) in [5.74, 6) is -0.940. The summed E-state index contributed by atoms with van der Waals surface area (Å²) in [5.41, 5.74) is 1.23. The molecule has 0 spiro atoms. The van der Waals surface area contributed by atoms with E-state index in [1.54, 1.807) is 0 Å². The van der Waals surface area contributed by atoms with Crippen molar-refractivity contribution in [3.8, 4) is 0 Å². The van der Waals surface area contributed by atoms with Crippen molar-refractivity contribution in [2.45, 2.75) is 31.7 Å². The van der Waals surface area contributed by atoms with Crippen molar-refractivity contribution in [3.05, 3.63) is 35.1 Å². The van der Waals surface area contributed by atoms with Crippen LogP contribution in [0.25, 0.3) is 0 Å². The molecule has 0 aromatic heterocycles. The van der Waals surface area contributed by atoms with Gasteiger partial charge in [0.25, 0.3) is 0 Å². The van der Waals surface area contributed by atoms with Gasteiger partial charge < -0.3 is 10.2 Å². The van der Waals surface area contributed by atoms with Crippen LogP contribution in [0.4, 0.5) is 0 Å². The van der Waals surface area contributed by atoms with Crippen molar-refractivity contribution < 1.29 is 15.0 Å². The minimum Gasteiger partial charge on any atom is -0.507 e. The normalized spacial score (nSPS) is 26.2. The summed E-state index contributed by atoms with van der Waals surface area (Å²) in [6.45, 7) is 2.36. The van der Waals surface area contributed by atoms with E-state index in [9.17, 15) is 15.0 Å². The first kappa shape index (κ1) is 14.1. The smallest absolute Gasteiger partial charge is 0.354 e. The number of hydrogen-bond acceptors (Lipinski definition) is 4. The van der Waals surface area contributed by atoms with Gasteiger partial charge in [0.15, 0.2) is 5.71 Å². The summed E-state index contributed by atoms with van der Waals surface area (Å²) in [7, 11) is 0. The number of allylic oxidation sites excluding steroid dienone is 2. The second-order valence-electron chi connectivity index (χ2n) is 5.75. The highest BCUT2D eigenvalue weighted by molar-refractivity contribution is 6.43. The molecule has 0 saturated carbocycles. The monoisotopic (exact) mass is 288 g/mol. The Morgan fingerprint density at radius 2 is 2.10 bits per heavy atom. The van der Waals surface area contributed by atoms with Crippen LogP contribution in [0.5, 0.6) is 0 Å². The summed E-state index contributed by atoms with van der Waals surface area (Å²) in [6, 6.07) is -0.258. The van der Waals surface area contributed by atoms with Crippen LogP contribution in [0, 0.1) is 0 Å². The molecule has 0 aromatic carbocycles. The van der Waals surface area contributed by atoms with Crippen LogP contribution in [-0.2, 0) is 4.79 Å². The summed E-state index contributed by atoms with van der Waals surface area (Å²) < 4.78 is 0. The van der Waals surface area contributed by atoms with Crippen molar-refractivity contribution in [2.75, 3.05) is 19.6 Å². The Morgan fingerprint density at radius 3 is 2.81 bits per heavy atom. The van der Waals surface area contributed by atoms with E-state index >= 15 is 0 Å². The van der Waals surface area contributed by atoms with Crippen molar-refractivity contribution in [1.29, 1.82) is 0 Å². The number of dihydropyridines is 1. The third-order valence-corrected chi connectivity index (χ3v) is 4.29. The Balaban J connectivity index is 1.92. The number of hydrogen-bond donors (Lipinski definition) is 2. The molecule has 2 aliphatic heterocycles. The number of likely N-dealkylation sites (tertiary alicyclic amines) is 1. The lowest BCUT2D eigenvalue weighted by Gasteiger charge is -2.31. The van der Waals surface area contributed by atoms with Crippen LogP contribution < -0.4 is 0 Å². The van der Waals surface area contributed by atoms with Crippen LogP contribution >= 0.6 is 0 Å². The zero-order chi connectivity index (χ0) is 14.8. The molecule has 5 nitrogen and oxygen atoms in total. The lowest BCUT2D eigenvalue weighted by Crippen LogP contribution is -2.37. The molecule has 2 heterocycles. The van der Waals surface area contributed by atoms with Crippen molar-refractivity contribution in [2.24, 2.45) is 4.99 Å². The molecule has 5 heteroatoms. The van der Waals surface area contributed by atoms with Crippen LogP contribution in [0.2, 0.25) is 0 Å². The number of aliphatic hydroxyl groups excluding tert-OH is 1. The number of carbonyl (C=O) groups is 1. The Kier molecular flexibility index (Phi) is 3.92. The zero-order valence-electron chi connectivity index (χ0n) is 12.0. The Labute approximate surface area is 124 Å². The number of fused-ring (bicyclic) bond motifs is 1. The molecule has 1 atom stereocenters. The number of piperidine rings is 1. The predicted octanol–water partition coefficient (Wildman–Crippen LogP) is 2.08. The molecule has 2 N–H and O–H groups in total. The van der Waals surface area contributed by atoms with Crippen LogP contribution in [-0.4, -0.2) is 52.5 Å². The molecule has 3 aliphatic rings. The van der Waals surface area contributed by atoms with Gasteiger partial charge in [-0.1, -0.05) is 24.6 Å². The Bertz CT molecular complexity index is 566. The lowest BCUT2D eigenvalue weighted by molar-refractivity contribution is -0.129. The largest absolute Gasteiger partial charge is 0.507 e. The molecule has 112 valence electrons. The molecule has 1 saturated heterocycles. The predicted molar refractivity (Wildman–Crippen MR) is 80.6 cm³/mol. The molecular formula is C16H20N2O3. The van der Waals surface area contributed by atoms with E-state index in [-0.39, 0.29) is 17.5 Å². The maximum atomic E-state index is 11.5. The van der Waals surface area contributed by atoms with Crippen LogP contribution in [0.3, 0.4) is 0 Å². The second-order valence-corrected chi connectivity index (χ2v) is 5.75. The van der Waals surface area contributed by atoms with E-state index in [1.807, 2.05) is 18.2 Å². The topological polar surface area (TPSA) is 73.1 Å². The number of aliphatic hydroxyl groups is 1. The van der Waals surface area contributed by atoms with E-state index in [4.69, 9.17) is 0 Å². The summed E-state index contributed by atoms with van der Waals surface area (Å²) in [6.07, 6.45) is 9.79. The highest BCUT2D eigenvalue weighted by atomic mass is 16.4. The Morgan fingerprint density at radius 1 is 1.33 bits per heavy atom. The van der Waals surface area contributed by atoms with Gasteiger partial charge in [-0.05, 0) is 32.4 Å². The third-order valence-electron chi connectivity index (χ3n) is 4.29. The molecular weight excluding hydrogens is 268 g/mol. The van der Waals surface area contributed by atoms with Gasteiger partial charge in [-0.25, -0.2) is 4.79 Å². The fourth-order valence-corrected chi connectivity index (χ4v) is 3.17. The molecule has 0 radical (unpaired) electrons. The first-order valence-electron chi connectivity index (χ1n) is 7.50. The van der Waals surface area contributed by atoms with Crippen LogP contribution in [0.1, 0.15) is 25.7 Å². The number of carboxylic acid groups (broad SMARTS) is 1. The lowest BCUT2D eigenvalue weighted by atomic mass is 9.90. The Hall–Kier alpha value is -1.88. The van der Waals surface area contributed by atoms with Crippen LogP contribution in [0.15, 0.2) is 40.1 Å². The van der Waals surface area contributed by atoms with Gasteiger partial charge in [0.05, 0.1) is 6.04 Å². The van der Waals surface area contributed by atoms with Crippen molar-refractivity contribution in [1.82, 2.24) is 4.90 Å². The van der Waals surface area contributed by atoms with Gasteiger partial charge in [0.1, 0.15) is 5.76 Å². The molecule has 21 heavy (non-hydrogen) atoms. The zero-order valence-corrected chi connectivity index (χ0v) is 12.0. The van der Waals surface area contributed by atoms with Crippen molar-refractivity contribution >= 4 is 11.7 Å². The molecule has 1 fully saturated rings. The number of aliphatic imine (C=N–C) groups is 1. The minimum absolute atomic E-state index is 0.0236. The van der Waals surface area contributed by atoms with E-state index in [2.05, 4.69) is 9.89 Å². The fourth-order valence-electron chi connectivity index (χ4n) is 3.17. The van der Waals surface area contributed by atoms with Gasteiger partial charge in [-0.2, -0.15) is 0 Å². The maximum Gasteiger partial charge on any atom is 0.354 e. The maximum absolute atomic E-state index is 11.5. The van der Waals surface area contributed by atoms with Gasteiger partial charge >= 0.3 is 5.97 Å². The molecule has 0 unspecified atom stereocenters. The molecule has 3 rings (SSSR count). The standard InChI is InChI=1S/C16H20N2O3/c19-15-11-6-2-3-7-13(11)17-14(16(20)21)12(15)10-18-8-4-1-5-9-18/h2-3,6,13,19H,1,4-5,7-10H2,(H,20,21)/t13-/m0/s1.